The van der Waals surface area contributed by atoms with Gasteiger partial charge in [-0.05, 0) is 6.42 Å². The van der Waals surface area contributed by atoms with Crippen LogP contribution in [0.15, 0.2) is 0 Å². The number of nitrogens with one attached hydrogen (secondary N) is 1. The fraction of sp³-hybridized carbons (Fsp3) is 0.750. The average molecular weight is 99.1 g/mol. The molecule has 0 aromatic heterocycles. The van der Waals surface area contributed by atoms with E-state index >= 15 is 0 Å². The molecular formula is C4H7N2O. The lowest BCUT2D eigenvalue weighted by Gasteiger charge is -2.28. The lowest BCUT2D eigenvalue weighted by atomic mass is 10.3. The Morgan fingerprint density at radius 1 is 1.57 bits per heavy atom. The smallest absolute Gasteiger partial charge is 0.280 e. The van der Waals surface area contributed by atoms with Crippen molar-refractivity contribution in [1.29, 1.82) is 0 Å². The van der Waals surface area contributed by atoms with Crippen LogP contribution in [0.5, 0.6) is 0 Å². The molecule has 1 rings (SSSR count). The Balaban J connectivity index is 2.03. The molecule has 1 radical (unpaired) electrons. The van der Waals surface area contributed by atoms with Crippen molar-refractivity contribution < 1.29 is 4.79 Å². The fourth-order valence-electron chi connectivity index (χ4n) is 0.493. The highest BCUT2D eigenvalue weighted by Crippen LogP contribution is 1.98. The van der Waals surface area contributed by atoms with Crippen molar-refractivity contribution in [3.8, 4) is 0 Å². The summed E-state index contributed by atoms with van der Waals surface area (Å²) in [5.74, 6) is 0. The number of amides is 1. The summed E-state index contributed by atoms with van der Waals surface area (Å²) in [6, 6.07) is 0. The Morgan fingerprint density at radius 2 is 2.29 bits per heavy atom. The van der Waals surface area contributed by atoms with E-state index in [1.54, 1.807) is 6.41 Å². The van der Waals surface area contributed by atoms with Crippen LogP contribution in [0.3, 0.4) is 0 Å². The van der Waals surface area contributed by atoms with Gasteiger partial charge in [-0.1, -0.05) is 0 Å². The summed E-state index contributed by atoms with van der Waals surface area (Å²) in [5.41, 5.74) is 2.41. The first-order valence-corrected chi connectivity index (χ1v) is 2.31. The molecule has 0 unspecified atom stereocenters. The molecule has 1 saturated heterocycles. The number of hydrogen-bond acceptors (Lipinski definition) is 2. The molecule has 1 heterocycles. The zero-order valence-corrected chi connectivity index (χ0v) is 3.98. The molecule has 0 aromatic carbocycles. The van der Waals surface area contributed by atoms with Crippen molar-refractivity contribution in [1.82, 2.24) is 10.4 Å². The second-order valence-electron chi connectivity index (χ2n) is 1.55. The van der Waals surface area contributed by atoms with Crippen LogP contribution in [-0.2, 0) is 4.79 Å². The number of hydrogen-bond donors (Lipinski definition) is 1. The number of rotatable bonds is 2. The van der Waals surface area contributed by atoms with Gasteiger partial charge in [0.15, 0.2) is 0 Å². The van der Waals surface area contributed by atoms with Crippen LogP contribution < -0.4 is 5.43 Å². The van der Waals surface area contributed by atoms with Crippen LogP contribution >= 0.6 is 0 Å². The van der Waals surface area contributed by atoms with E-state index in [1.807, 2.05) is 5.01 Å². The normalized spacial score (nSPS) is 20.6. The van der Waals surface area contributed by atoms with Crippen LogP contribution in [0.2, 0.25) is 0 Å². The largest absolute Gasteiger partial charge is 0.324 e. The molecule has 39 valence electrons. The summed E-state index contributed by atoms with van der Waals surface area (Å²) in [6.45, 7) is 1.96. The molecule has 1 amide bonds. The first-order chi connectivity index (χ1) is 3.43. The maximum atomic E-state index is 9.53. The van der Waals surface area contributed by atoms with Gasteiger partial charge in [0, 0.05) is 13.1 Å². The molecule has 0 saturated carbocycles. The van der Waals surface area contributed by atoms with Crippen molar-refractivity contribution in [3.63, 3.8) is 0 Å². The van der Waals surface area contributed by atoms with Crippen LogP contribution in [0.25, 0.3) is 0 Å². The quantitative estimate of drug-likeness (QED) is 0.462. The van der Waals surface area contributed by atoms with Crippen molar-refractivity contribution in [2.24, 2.45) is 0 Å². The Morgan fingerprint density at radius 3 is 2.43 bits per heavy atom. The lowest BCUT2D eigenvalue weighted by Crippen LogP contribution is -2.46. The topological polar surface area (TPSA) is 32.3 Å². The van der Waals surface area contributed by atoms with E-state index in [4.69, 9.17) is 0 Å². The molecule has 3 heteroatoms. The van der Waals surface area contributed by atoms with E-state index in [2.05, 4.69) is 5.43 Å². The minimum absolute atomic E-state index is 0.981. The Labute approximate surface area is 42.3 Å². The monoisotopic (exact) mass is 99.1 g/mol. The Kier molecular flexibility index (Phi) is 1.26. The number of hydrazine groups is 1. The Hall–Kier alpha value is -0.570. The molecule has 1 fully saturated rings. The van der Waals surface area contributed by atoms with Crippen molar-refractivity contribution >= 4 is 6.41 Å². The van der Waals surface area contributed by atoms with Crippen LogP contribution in [-0.4, -0.2) is 24.5 Å². The first-order valence-electron chi connectivity index (χ1n) is 2.31. The van der Waals surface area contributed by atoms with Gasteiger partial charge in [-0.15, -0.1) is 0 Å². The van der Waals surface area contributed by atoms with Gasteiger partial charge in [0.2, 0.25) is 0 Å². The standard InChI is InChI=1S/C4H7N2O/c7-4-5-6-2-1-3-6/h1-3H2,(H,5,7). The predicted molar refractivity (Wildman–Crippen MR) is 25.0 cm³/mol. The van der Waals surface area contributed by atoms with E-state index in [0.717, 1.165) is 13.1 Å². The lowest BCUT2D eigenvalue weighted by molar-refractivity contribution is 0.143. The molecular weight excluding hydrogens is 92.1 g/mol. The van der Waals surface area contributed by atoms with Gasteiger partial charge in [-0.25, -0.2) is 5.01 Å². The molecule has 0 spiro atoms. The first kappa shape index (κ1) is 4.59. The molecule has 1 aliphatic rings. The van der Waals surface area contributed by atoms with Gasteiger partial charge in [0.25, 0.3) is 0 Å². The highest BCUT2D eigenvalue weighted by molar-refractivity contribution is 5.46. The zero-order valence-electron chi connectivity index (χ0n) is 3.98. The third kappa shape index (κ3) is 0.899. The van der Waals surface area contributed by atoms with E-state index in [1.165, 1.54) is 6.42 Å². The third-order valence-corrected chi connectivity index (χ3v) is 1.06. The second kappa shape index (κ2) is 1.93. The molecule has 0 aromatic rings. The molecule has 7 heavy (non-hydrogen) atoms. The van der Waals surface area contributed by atoms with Crippen molar-refractivity contribution in [2.45, 2.75) is 6.42 Å². The second-order valence-corrected chi connectivity index (χ2v) is 1.55. The van der Waals surface area contributed by atoms with E-state index < -0.39 is 0 Å². The molecule has 1 N–H and O–H groups in total. The van der Waals surface area contributed by atoms with Gasteiger partial charge in [-0.3, -0.25) is 10.2 Å². The minimum Gasteiger partial charge on any atom is -0.280 e. The third-order valence-electron chi connectivity index (χ3n) is 1.06. The maximum absolute atomic E-state index is 9.53. The zero-order chi connectivity index (χ0) is 5.11. The molecule has 0 aliphatic carbocycles. The summed E-state index contributed by atoms with van der Waals surface area (Å²) in [7, 11) is 0. The van der Waals surface area contributed by atoms with E-state index in [9.17, 15) is 4.79 Å². The van der Waals surface area contributed by atoms with Gasteiger partial charge in [0.1, 0.15) is 0 Å². The van der Waals surface area contributed by atoms with E-state index in [-0.39, 0.29) is 0 Å². The fourth-order valence-corrected chi connectivity index (χ4v) is 0.493. The Bertz CT molecular complexity index is 70.1. The minimum atomic E-state index is 0.981. The summed E-state index contributed by atoms with van der Waals surface area (Å²) < 4.78 is 0. The van der Waals surface area contributed by atoms with Gasteiger partial charge in [0.05, 0.1) is 0 Å². The summed E-state index contributed by atoms with van der Waals surface area (Å²) in [5, 5.41) is 1.81. The molecule has 0 atom stereocenters. The highest BCUT2D eigenvalue weighted by atomic mass is 16.1. The summed E-state index contributed by atoms with van der Waals surface area (Å²) >= 11 is 0. The van der Waals surface area contributed by atoms with Gasteiger partial charge in [-0.2, -0.15) is 0 Å². The van der Waals surface area contributed by atoms with Gasteiger partial charge < -0.3 is 0 Å². The molecule has 0 bridgehead atoms. The summed E-state index contributed by atoms with van der Waals surface area (Å²) in [6.07, 6.45) is 2.78. The number of carbonyl (C=O) groups excluding carboxylic acids is 1. The average Bonchev–Trinajstić information content (AvgIpc) is 1.55. The van der Waals surface area contributed by atoms with Crippen LogP contribution in [0.4, 0.5) is 0 Å². The highest BCUT2D eigenvalue weighted by Gasteiger charge is 2.11. The van der Waals surface area contributed by atoms with E-state index in [0.29, 0.717) is 0 Å². The maximum Gasteiger partial charge on any atom is 0.324 e. The summed E-state index contributed by atoms with van der Waals surface area (Å²) in [4.78, 5) is 9.53. The SMILES string of the molecule is O=[C]NN1CCC1. The van der Waals surface area contributed by atoms with Crippen molar-refractivity contribution in [2.75, 3.05) is 13.1 Å². The predicted octanol–water partition coefficient (Wildman–Crippen LogP) is -0.736. The van der Waals surface area contributed by atoms with Crippen LogP contribution in [0.1, 0.15) is 6.42 Å². The van der Waals surface area contributed by atoms with Crippen LogP contribution in [0, 0.1) is 0 Å². The van der Waals surface area contributed by atoms with Crippen molar-refractivity contribution in [3.05, 3.63) is 0 Å². The van der Waals surface area contributed by atoms with Gasteiger partial charge >= 0.3 is 6.41 Å². The molecule has 1 aliphatic heterocycles. The number of nitrogens with zero attached hydrogens (tertiary/aromatic N) is 1. The molecule has 3 nitrogen and oxygen atoms in total.